The van der Waals surface area contributed by atoms with Gasteiger partial charge in [0, 0.05) is 10.1 Å². The number of amidine groups is 1. The molecular weight excluding hydrogens is 236 g/mol. The van der Waals surface area contributed by atoms with Crippen molar-refractivity contribution in [3.05, 3.63) is 24.3 Å². The third kappa shape index (κ3) is 2.74. The van der Waals surface area contributed by atoms with Gasteiger partial charge in [0.05, 0.1) is 12.2 Å². The Labute approximate surface area is 105 Å². The largest absolute Gasteiger partial charge is 0.334 e. The first-order valence-corrected chi connectivity index (χ1v) is 7.55. The number of nitrogens with one attached hydrogen (secondary N) is 1. The van der Waals surface area contributed by atoms with Crippen molar-refractivity contribution in [2.75, 3.05) is 18.1 Å². The van der Waals surface area contributed by atoms with Gasteiger partial charge in [0.25, 0.3) is 0 Å². The highest BCUT2D eigenvalue weighted by atomic mass is 32.2. The summed E-state index contributed by atoms with van der Waals surface area (Å²) in [5.41, 5.74) is 1.16. The average Bonchev–Trinajstić information content (AvgIpc) is 2.77. The number of hydrogen-bond donors (Lipinski definition) is 1. The van der Waals surface area contributed by atoms with Crippen LogP contribution in [0.25, 0.3) is 0 Å². The Morgan fingerprint density at radius 1 is 1.50 bits per heavy atom. The summed E-state index contributed by atoms with van der Waals surface area (Å²) in [4.78, 5) is 5.79. The van der Waals surface area contributed by atoms with Gasteiger partial charge in [-0.1, -0.05) is 30.8 Å². The first-order valence-electron chi connectivity index (χ1n) is 5.44. The van der Waals surface area contributed by atoms with E-state index in [1.165, 1.54) is 11.3 Å². The Balaban J connectivity index is 2.04. The SMILES string of the molecule is CCC1CN=C(Nc2ccccc2SC)S1. The maximum absolute atomic E-state index is 4.52. The molecule has 1 aliphatic heterocycles. The molecule has 4 heteroatoms. The predicted molar refractivity (Wildman–Crippen MR) is 75.8 cm³/mol. The molecule has 0 aromatic heterocycles. The second-order valence-electron chi connectivity index (χ2n) is 3.62. The van der Waals surface area contributed by atoms with Crippen LogP contribution in [0.1, 0.15) is 13.3 Å². The Hall–Kier alpha value is -0.610. The molecule has 0 aliphatic carbocycles. The number of hydrogen-bond acceptors (Lipinski definition) is 4. The van der Waals surface area contributed by atoms with Gasteiger partial charge in [-0.3, -0.25) is 4.99 Å². The van der Waals surface area contributed by atoms with Gasteiger partial charge >= 0.3 is 0 Å². The molecule has 2 rings (SSSR count). The third-order valence-electron chi connectivity index (χ3n) is 2.52. The van der Waals surface area contributed by atoms with E-state index in [1.54, 1.807) is 11.8 Å². The number of thioether (sulfide) groups is 2. The van der Waals surface area contributed by atoms with Gasteiger partial charge in [-0.25, -0.2) is 0 Å². The number of aliphatic imine (C=N–C) groups is 1. The van der Waals surface area contributed by atoms with Crippen LogP contribution in [0.4, 0.5) is 5.69 Å². The summed E-state index contributed by atoms with van der Waals surface area (Å²) < 4.78 is 0. The lowest BCUT2D eigenvalue weighted by atomic mass is 10.3. The van der Waals surface area contributed by atoms with Crippen LogP contribution in [0.2, 0.25) is 0 Å². The maximum Gasteiger partial charge on any atom is 0.161 e. The smallest absolute Gasteiger partial charge is 0.161 e. The minimum atomic E-state index is 0.656. The van der Waals surface area contributed by atoms with Crippen molar-refractivity contribution in [2.24, 2.45) is 4.99 Å². The van der Waals surface area contributed by atoms with E-state index in [9.17, 15) is 0 Å². The van der Waals surface area contributed by atoms with Crippen molar-refractivity contribution >= 4 is 34.4 Å². The molecule has 1 aliphatic rings. The highest BCUT2D eigenvalue weighted by Crippen LogP contribution is 2.29. The topological polar surface area (TPSA) is 24.4 Å². The van der Waals surface area contributed by atoms with E-state index in [-0.39, 0.29) is 0 Å². The Bertz CT molecular complexity index is 390. The Kier molecular flexibility index (Phi) is 4.18. The molecule has 0 spiro atoms. The molecule has 1 aromatic rings. The zero-order valence-corrected chi connectivity index (χ0v) is 11.2. The molecule has 2 nitrogen and oxygen atoms in total. The van der Waals surface area contributed by atoms with Crippen LogP contribution in [-0.4, -0.2) is 23.2 Å². The third-order valence-corrected chi connectivity index (χ3v) is 4.59. The molecule has 1 aromatic carbocycles. The minimum Gasteiger partial charge on any atom is -0.334 e. The molecule has 0 saturated heterocycles. The van der Waals surface area contributed by atoms with Gasteiger partial charge in [0.1, 0.15) is 0 Å². The van der Waals surface area contributed by atoms with Crippen molar-refractivity contribution < 1.29 is 0 Å². The van der Waals surface area contributed by atoms with Crippen molar-refractivity contribution in [3.63, 3.8) is 0 Å². The lowest BCUT2D eigenvalue weighted by Gasteiger charge is -2.10. The van der Waals surface area contributed by atoms with Crippen LogP contribution >= 0.6 is 23.5 Å². The van der Waals surface area contributed by atoms with Crippen LogP contribution in [0.3, 0.4) is 0 Å². The van der Waals surface area contributed by atoms with E-state index in [4.69, 9.17) is 0 Å². The molecular formula is C12H16N2S2. The van der Waals surface area contributed by atoms with Crippen LogP contribution < -0.4 is 5.32 Å². The monoisotopic (exact) mass is 252 g/mol. The summed E-state index contributed by atoms with van der Waals surface area (Å²) in [5.74, 6) is 0. The van der Waals surface area contributed by atoms with E-state index in [2.05, 4.69) is 47.8 Å². The van der Waals surface area contributed by atoms with Gasteiger partial charge in [-0.2, -0.15) is 0 Å². The summed E-state index contributed by atoms with van der Waals surface area (Å²) in [5, 5.41) is 5.14. The molecule has 1 atom stereocenters. The maximum atomic E-state index is 4.52. The fourth-order valence-corrected chi connectivity index (χ4v) is 3.06. The van der Waals surface area contributed by atoms with Gasteiger partial charge in [-0.15, -0.1) is 11.8 Å². The Morgan fingerprint density at radius 3 is 3.00 bits per heavy atom. The summed E-state index contributed by atoms with van der Waals surface area (Å²) in [6, 6.07) is 8.35. The zero-order valence-electron chi connectivity index (χ0n) is 9.56. The second-order valence-corrected chi connectivity index (χ2v) is 5.76. The molecule has 0 bridgehead atoms. The summed E-state index contributed by atoms with van der Waals surface area (Å²) in [7, 11) is 0. The molecule has 0 fully saturated rings. The van der Waals surface area contributed by atoms with E-state index in [0.29, 0.717) is 5.25 Å². The molecule has 16 heavy (non-hydrogen) atoms. The fraction of sp³-hybridized carbons (Fsp3) is 0.417. The highest BCUT2D eigenvalue weighted by Gasteiger charge is 2.18. The number of rotatable bonds is 3. The lowest BCUT2D eigenvalue weighted by Crippen LogP contribution is -2.07. The number of benzene rings is 1. The minimum absolute atomic E-state index is 0.656. The van der Waals surface area contributed by atoms with Crippen molar-refractivity contribution in [2.45, 2.75) is 23.5 Å². The number of anilines is 1. The standard InChI is InChI=1S/C12H16N2S2/c1-3-9-8-13-12(16-9)14-10-6-4-5-7-11(10)15-2/h4-7,9H,3,8H2,1-2H3,(H,13,14). The van der Waals surface area contributed by atoms with Crippen LogP contribution in [-0.2, 0) is 0 Å². The van der Waals surface area contributed by atoms with Gasteiger partial charge in [0.2, 0.25) is 0 Å². The van der Waals surface area contributed by atoms with E-state index in [1.807, 2.05) is 11.8 Å². The molecule has 1 heterocycles. The predicted octanol–water partition coefficient (Wildman–Crippen LogP) is 3.70. The molecule has 1 N–H and O–H groups in total. The summed E-state index contributed by atoms with van der Waals surface area (Å²) >= 11 is 3.61. The van der Waals surface area contributed by atoms with Crippen LogP contribution in [0.5, 0.6) is 0 Å². The van der Waals surface area contributed by atoms with E-state index >= 15 is 0 Å². The van der Waals surface area contributed by atoms with Gasteiger partial charge < -0.3 is 5.32 Å². The van der Waals surface area contributed by atoms with Crippen molar-refractivity contribution in [3.8, 4) is 0 Å². The summed E-state index contributed by atoms with van der Waals surface area (Å²) in [6.45, 7) is 3.16. The molecule has 0 saturated carbocycles. The highest BCUT2D eigenvalue weighted by molar-refractivity contribution is 8.15. The molecule has 86 valence electrons. The molecule has 1 unspecified atom stereocenters. The normalized spacial score (nSPS) is 19.6. The van der Waals surface area contributed by atoms with Gasteiger partial charge in [-0.05, 0) is 24.8 Å². The zero-order chi connectivity index (χ0) is 11.4. The van der Waals surface area contributed by atoms with Crippen molar-refractivity contribution in [1.82, 2.24) is 0 Å². The average molecular weight is 252 g/mol. The first kappa shape index (κ1) is 11.9. The quantitative estimate of drug-likeness (QED) is 0.830. The van der Waals surface area contributed by atoms with Gasteiger partial charge in [0.15, 0.2) is 5.17 Å². The van der Waals surface area contributed by atoms with Crippen molar-refractivity contribution in [1.29, 1.82) is 0 Å². The van der Waals surface area contributed by atoms with Crippen LogP contribution in [0.15, 0.2) is 34.2 Å². The lowest BCUT2D eigenvalue weighted by molar-refractivity contribution is 0.843. The summed E-state index contributed by atoms with van der Waals surface area (Å²) in [6.07, 6.45) is 3.28. The molecule has 0 amide bonds. The number of para-hydroxylation sites is 1. The first-order chi connectivity index (χ1) is 7.83. The number of nitrogens with zero attached hydrogens (tertiary/aromatic N) is 1. The van der Waals surface area contributed by atoms with E-state index in [0.717, 1.165) is 17.4 Å². The van der Waals surface area contributed by atoms with E-state index < -0.39 is 0 Å². The fourth-order valence-electron chi connectivity index (χ4n) is 1.56. The molecule has 0 radical (unpaired) electrons. The van der Waals surface area contributed by atoms with Crippen LogP contribution in [0, 0.1) is 0 Å². The Morgan fingerprint density at radius 2 is 2.31 bits per heavy atom. The second kappa shape index (κ2) is 5.64.